The smallest absolute Gasteiger partial charge is 0.158 e. The summed E-state index contributed by atoms with van der Waals surface area (Å²) in [4.78, 5) is 18.6. The lowest BCUT2D eigenvalue weighted by atomic mass is 10.1. The van der Waals surface area contributed by atoms with Crippen LogP contribution in [0, 0.1) is 6.92 Å². The van der Waals surface area contributed by atoms with E-state index in [1.807, 2.05) is 31.5 Å². The second-order valence-electron chi connectivity index (χ2n) is 6.06. The van der Waals surface area contributed by atoms with Gasteiger partial charge in [-0.05, 0) is 30.7 Å². The topological polar surface area (TPSA) is 93.0 Å². The predicted molar refractivity (Wildman–Crippen MR) is 97.2 cm³/mol. The zero-order valence-corrected chi connectivity index (χ0v) is 14.1. The number of aromatic nitrogens is 4. The minimum Gasteiger partial charge on any atom is -0.382 e. The van der Waals surface area contributed by atoms with Crippen LogP contribution in [0.25, 0.3) is 22.6 Å². The van der Waals surface area contributed by atoms with Crippen molar-refractivity contribution in [2.45, 2.75) is 6.92 Å². The first-order valence-electron chi connectivity index (χ1n) is 8.27. The van der Waals surface area contributed by atoms with E-state index in [0.29, 0.717) is 11.6 Å². The van der Waals surface area contributed by atoms with Gasteiger partial charge in [-0.1, -0.05) is 0 Å². The Morgan fingerprint density at radius 3 is 2.76 bits per heavy atom. The van der Waals surface area contributed by atoms with Crippen LogP contribution in [0.4, 0.5) is 11.5 Å². The van der Waals surface area contributed by atoms with Gasteiger partial charge in [0.25, 0.3) is 0 Å². The Hall–Kier alpha value is -2.93. The molecule has 25 heavy (non-hydrogen) atoms. The number of nitrogens with one attached hydrogen (secondary N) is 1. The van der Waals surface area contributed by atoms with Crippen LogP contribution in [0.2, 0.25) is 0 Å². The van der Waals surface area contributed by atoms with Gasteiger partial charge in [0.05, 0.1) is 30.8 Å². The highest BCUT2D eigenvalue weighted by molar-refractivity contribution is 5.70. The Bertz CT molecular complexity index is 865. The molecule has 0 unspecified atom stereocenters. The molecule has 3 N–H and O–H groups in total. The molecule has 0 saturated carbocycles. The van der Waals surface area contributed by atoms with E-state index >= 15 is 0 Å². The first-order valence-corrected chi connectivity index (χ1v) is 8.27. The third-order valence-corrected chi connectivity index (χ3v) is 4.36. The van der Waals surface area contributed by atoms with Gasteiger partial charge in [0.1, 0.15) is 11.5 Å². The Labute approximate surface area is 145 Å². The number of morpholine rings is 1. The third kappa shape index (κ3) is 3.18. The van der Waals surface area contributed by atoms with Crippen molar-refractivity contribution in [2.24, 2.45) is 0 Å². The van der Waals surface area contributed by atoms with E-state index in [2.05, 4.69) is 30.9 Å². The normalized spacial score (nSPS) is 14.7. The molecule has 0 radical (unpaired) electrons. The highest BCUT2D eigenvalue weighted by atomic mass is 16.5. The SMILES string of the molecule is Cc1[nH]c(-c2cc(-c3cncc(N4CCOCC4)c3)ccn2)nc1N. The molecular formula is C18H20N6O. The molecule has 1 saturated heterocycles. The van der Waals surface area contributed by atoms with Gasteiger partial charge >= 0.3 is 0 Å². The Morgan fingerprint density at radius 1 is 1.16 bits per heavy atom. The third-order valence-electron chi connectivity index (χ3n) is 4.36. The van der Waals surface area contributed by atoms with Crippen LogP contribution in [0.15, 0.2) is 36.8 Å². The fraction of sp³-hybridized carbons (Fsp3) is 0.278. The number of aryl methyl sites for hydroxylation is 1. The van der Waals surface area contributed by atoms with Crippen molar-refractivity contribution in [2.75, 3.05) is 36.9 Å². The molecular weight excluding hydrogens is 316 g/mol. The predicted octanol–water partition coefficient (Wildman–Crippen LogP) is 2.26. The number of pyridine rings is 2. The first-order chi connectivity index (χ1) is 12.2. The molecule has 0 aliphatic carbocycles. The fourth-order valence-corrected chi connectivity index (χ4v) is 2.91. The standard InChI is InChI=1S/C18H20N6O/c1-12-17(19)23-18(22-12)16-9-13(2-3-21-16)14-8-15(11-20-10-14)24-4-6-25-7-5-24/h2-3,8-11H,4-7,19H2,1H3,(H,22,23). The Kier molecular flexibility index (Phi) is 4.07. The molecule has 0 spiro atoms. The second-order valence-corrected chi connectivity index (χ2v) is 6.06. The summed E-state index contributed by atoms with van der Waals surface area (Å²) in [7, 11) is 0. The molecule has 7 nitrogen and oxygen atoms in total. The molecule has 1 aliphatic rings. The molecule has 3 aromatic heterocycles. The zero-order valence-electron chi connectivity index (χ0n) is 14.1. The van der Waals surface area contributed by atoms with Crippen LogP contribution in [0.5, 0.6) is 0 Å². The quantitative estimate of drug-likeness (QED) is 0.762. The van der Waals surface area contributed by atoms with Crippen molar-refractivity contribution < 1.29 is 4.74 Å². The lowest BCUT2D eigenvalue weighted by molar-refractivity contribution is 0.122. The summed E-state index contributed by atoms with van der Waals surface area (Å²) in [6.45, 7) is 5.17. The van der Waals surface area contributed by atoms with Gasteiger partial charge in [-0.3, -0.25) is 9.97 Å². The van der Waals surface area contributed by atoms with Crippen molar-refractivity contribution in [3.63, 3.8) is 0 Å². The van der Waals surface area contributed by atoms with Gasteiger partial charge in [0.15, 0.2) is 5.82 Å². The summed E-state index contributed by atoms with van der Waals surface area (Å²) < 4.78 is 5.42. The van der Waals surface area contributed by atoms with Gasteiger partial charge in [0, 0.05) is 31.0 Å². The number of anilines is 2. The molecule has 128 valence electrons. The molecule has 4 rings (SSSR count). The highest BCUT2D eigenvalue weighted by Gasteiger charge is 2.13. The van der Waals surface area contributed by atoms with Crippen molar-refractivity contribution in [3.8, 4) is 22.6 Å². The number of nitrogens with two attached hydrogens (primary N) is 1. The van der Waals surface area contributed by atoms with E-state index in [1.54, 1.807) is 6.20 Å². The van der Waals surface area contributed by atoms with E-state index in [9.17, 15) is 0 Å². The molecule has 0 atom stereocenters. The number of rotatable bonds is 3. The van der Waals surface area contributed by atoms with Gasteiger partial charge < -0.3 is 20.4 Å². The summed E-state index contributed by atoms with van der Waals surface area (Å²) in [6, 6.07) is 6.12. The van der Waals surface area contributed by atoms with Crippen LogP contribution in [-0.4, -0.2) is 46.2 Å². The van der Waals surface area contributed by atoms with Crippen LogP contribution in [-0.2, 0) is 4.74 Å². The average molecular weight is 336 g/mol. The van der Waals surface area contributed by atoms with Crippen molar-refractivity contribution >= 4 is 11.5 Å². The van der Waals surface area contributed by atoms with E-state index in [0.717, 1.165) is 54.5 Å². The van der Waals surface area contributed by atoms with Crippen LogP contribution >= 0.6 is 0 Å². The maximum Gasteiger partial charge on any atom is 0.158 e. The van der Waals surface area contributed by atoms with E-state index in [4.69, 9.17) is 10.5 Å². The maximum atomic E-state index is 5.83. The highest BCUT2D eigenvalue weighted by Crippen LogP contribution is 2.27. The molecule has 1 fully saturated rings. The summed E-state index contributed by atoms with van der Waals surface area (Å²) in [5, 5.41) is 0. The number of hydrogen-bond acceptors (Lipinski definition) is 6. The minimum absolute atomic E-state index is 0.498. The Morgan fingerprint density at radius 2 is 2.00 bits per heavy atom. The molecule has 0 bridgehead atoms. The summed E-state index contributed by atoms with van der Waals surface area (Å²) in [5.74, 6) is 1.17. The summed E-state index contributed by atoms with van der Waals surface area (Å²) in [5.41, 5.74) is 10.6. The van der Waals surface area contributed by atoms with Crippen molar-refractivity contribution in [1.82, 2.24) is 19.9 Å². The molecule has 1 aliphatic heterocycles. The number of imidazole rings is 1. The van der Waals surface area contributed by atoms with Crippen LogP contribution in [0.3, 0.4) is 0 Å². The van der Waals surface area contributed by atoms with E-state index in [1.165, 1.54) is 0 Å². The van der Waals surface area contributed by atoms with Gasteiger partial charge in [0.2, 0.25) is 0 Å². The van der Waals surface area contributed by atoms with Crippen LogP contribution in [0.1, 0.15) is 5.69 Å². The van der Waals surface area contributed by atoms with Gasteiger partial charge in [-0.2, -0.15) is 0 Å². The number of nitrogen functional groups attached to an aromatic ring is 1. The summed E-state index contributed by atoms with van der Waals surface area (Å²) >= 11 is 0. The lowest BCUT2D eigenvalue weighted by Gasteiger charge is -2.28. The van der Waals surface area contributed by atoms with E-state index < -0.39 is 0 Å². The number of ether oxygens (including phenoxy) is 1. The molecule has 7 heteroatoms. The maximum absolute atomic E-state index is 5.83. The lowest BCUT2D eigenvalue weighted by Crippen LogP contribution is -2.36. The minimum atomic E-state index is 0.498. The number of nitrogens with zero attached hydrogens (tertiary/aromatic N) is 4. The zero-order chi connectivity index (χ0) is 17.2. The second kappa shape index (κ2) is 6.52. The largest absolute Gasteiger partial charge is 0.382 e. The fourth-order valence-electron chi connectivity index (χ4n) is 2.91. The van der Waals surface area contributed by atoms with E-state index in [-0.39, 0.29) is 0 Å². The summed E-state index contributed by atoms with van der Waals surface area (Å²) in [6.07, 6.45) is 5.54. The monoisotopic (exact) mass is 336 g/mol. The number of aromatic amines is 1. The van der Waals surface area contributed by atoms with Crippen molar-refractivity contribution in [3.05, 3.63) is 42.5 Å². The van der Waals surface area contributed by atoms with Crippen LogP contribution < -0.4 is 10.6 Å². The average Bonchev–Trinajstić information content (AvgIpc) is 3.01. The number of H-pyrrole nitrogens is 1. The first kappa shape index (κ1) is 15.6. The molecule has 4 heterocycles. The van der Waals surface area contributed by atoms with Gasteiger partial charge in [-0.15, -0.1) is 0 Å². The Balaban J connectivity index is 1.66. The van der Waals surface area contributed by atoms with Gasteiger partial charge in [-0.25, -0.2) is 4.98 Å². The van der Waals surface area contributed by atoms with Crippen molar-refractivity contribution in [1.29, 1.82) is 0 Å². The molecule has 3 aromatic rings. The molecule has 0 amide bonds. The molecule has 0 aromatic carbocycles. The number of hydrogen-bond donors (Lipinski definition) is 2.